The topological polar surface area (TPSA) is 53.0 Å². The Balaban J connectivity index is 1.77. The van der Waals surface area contributed by atoms with Crippen molar-refractivity contribution in [1.82, 2.24) is 4.90 Å². The number of rotatable bonds is 3. The van der Waals surface area contributed by atoms with Gasteiger partial charge in [0.15, 0.2) is 0 Å². The van der Waals surface area contributed by atoms with Crippen molar-refractivity contribution in [1.29, 1.82) is 5.26 Å². The van der Waals surface area contributed by atoms with E-state index in [1.165, 1.54) is 12.8 Å². The largest absolute Gasteiger partial charge is 0.330 e. The molecule has 2 N–H and O–H groups in total. The van der Waals surface area contributed by atoms with E-state index >= 15 is 0 Å². The molecule has 1 saturated heterocycles. The lowest BCUT2D eigenvalue weighted by Gasteiger charge is -2.32. The minimum Gasteiger partial charge on any atom is -0.330 e. The number of nitriles is 1. The highest BCUT2D eigenvalue weighted by Gasteiger charge is 2.44. The van der Waals surface area contributed by atoms with Gasteiger partial charge in [-0.2, -0.15) is 5.26 Å². The third-order valence-corrected chi connectivity index (χ3v) is 3.66. The summed E-state index contributed by atoms with van der Waals surface area (Å²) in [5, 5.41) is 8.99. The van der Waals surface area contributed by atoms with E-state index in [9.17, 15) is 0 Å². The molecular weight excluding hydrogens is 174 g/mol. The average molecular weight is 193 g/mol. The molecule has 1 heterocycles. The van der Waals surface area contributed by atoms with Gasteiger partial charge in [0.2, 0.25) is 0 Å². The van der Waals surface area contributed by atoms with Crippen LogP contribution in [0.1, 0.15) is 25.7 Å². The zero-order valence-corrected chi connectivity index (χ0v) is 8.71. The van der Waals surface area contributed by atoms with Gasteiger partial charge in [-0.1, -0.05) is 0 Å². The van der Waals surface area contributed by atoms with Crippen molar-refractivity contribution < 1.29 is 0 Å². The molecule has 2 fully saturated rings. The van der Waals surface area contributed by atoms with Crippen molar-refractivity contribution in [3.05, 3.63) is 0 Å². The summed E-state index contributed by atoms with van der Waals surface area (Å²) in [5.74, 6) is 0.725. The number of nitrogens with zero attached hydrogens (tertiary/aromatic N) is 2. The quantitative estimate of drug-likeness (QED) is 0.726. The highest BCUT2D eigenvalue weighted by atomic mass is 15.1. The Morgan fingerprint density at radius 3 is 2.43 bits per heavy atom. The predicted molar refractivity (Wildman–Crippen MR) is 55.5 cm³/mol. The second-order valence-corrected chi connectivity index (χ2v) is 4.85. The van der Waals surface area contributed by atoms with Gasteiger partial charge in [0.05, 0.1) is 11.5 Å². The maximum absolute atomic E-state index is 8.99. The first-order chi connectivity index (χ1) is 6.78. The predicted octanol–water partition coefficient (Wildman–Crippen LogP) is 0.961. The molecule has 0 unspecified atom stereocenters. The van der Waals surface area contributed by atoms with Crippen LogP contribution in [0.4, 0.5) is 0 Å². The number of hydrogen-bond donors (Lipinski definition) is 1. The maximum Gasteiger partial charge on any atom is 0.0703 e. The lowest BCUT2D eigenvalue weighted by atomic mass is 9.96. The Kier molecular flexibility index (Phi) is 2.76. The van der Waals surface area contributed by atoms with Crippen LogP contribution in [0.3, 0.4) is 0 Å². The van der Waals surface area contributed by atoms with Gasteiger partial charge in [-0.05, 0) is 51.2 Å². The van der Waals surface area contributed by atoms with E-state index < -0.39 is 0 Å². The molecule has 3 heteroatoms. The molecular formula is C11H19N3. The molecule has 78 valence electrons. The van der Waals surface area contributed by atoms with E-state index in [4.69, 9.17) is 11.0 Å². The molecule has 2 rings (SSSR count). The van der Waals surface area contributed by atoms with Crippen LogP contribution in [-0.2, 0) is 0 Å². The molecule has 1 saturated carbocycles. The van der Waals surface area contributed by atoms with Crippen molar-refractivity contribution >= 4 is 0 Å². The van der Waals surface area contributed by atoms with Gasteiger partial charge in [0.25, 0.3) is 0 Å². The lowest BCUT2D eigenvalue weighted by molar-refractivity contribution is 0.169. The Morgan fingerprint density at radius 1 is 1.36 bits per heavy atom. The van der Waals surface area contributed by atoms with Crippen LogP contribution < -0.4 is 5.73 Å². The molecule has 3 nitrogen and oxygen atoms in total. The van der Waals surface area contributed by atoms with E-state index in [2.05, 4.69) is 11.0 Å². The summed E-state index contributed by atoms with van der Waals surface area (Å²) < 4.78 is 0. The van der Waals surface area contributed by atoms with Gasteiger partial charge in [0, 0.05) is 6.54 Å². The van der Waals surface area contributed by atoms with E-state index in [1.807, 2.05) is 0 Å². The smallest absolute Gasteiger partial charge is 0.0703 e. The molecule has 0 amide bonds. The standard InChI is InChI=1S/C11H19N3/c12-7-10-1-5-14(6-2-10)9-11(8-13)3-4-11/h10H,1-7,9,12H2. The Bertz CT molecular complexity index is 231. The average Bonchev–Trinajstić information content (AvgIpc) is 3.00. The summed E-state index contributed by atoms with van der Waals surface area (Å²) in [4.78, 5) is 2.45. The van der Waals surface area contributed by atoms with Crippen LogP contribution >= 0.6 is 0 Å². The molecule has 2 aliphatic rings. The van der Waals surface area contributed by atoms with E-state index in [-0.39, 0.29) is 5.41 Å². The first-order valence-corrected chi connectivity index (χ1v) is 5.62. The third-order valence-electron chi connectivity index (χ3n) is 3.66. The van der Waals surface area contributed by atoms with E-state index in [0.29, 0.717) is 0 Å². The highest BCUT2D eigenvalue weighted by molar-refractivity contribution is 5.11. The van der Waals surface area contributed by atoms with Gasteiger partial charge >= 0.3 is 0 Å². The molecule has 1 aliphatic heterocycles. The van der Waals surface area contributed by atoms with Crippen LogP contribution in [0.25, 0.3) is 0 Å². The summed E-state index contributed by atoms with van der Waals surface area (Å²) in [6.45, 7) is 4.12. The Labute approximate surface area is 85.9 Å². The molecule has 1 aliphatic carbocycles. The van der Waals surface area contributed by atoms with Gasteiger partial charge in [-0.25, -0.2) is 0 Å². The Hall–Kier alpha value is -0.590. The van der Waals surface area contributed by atoms with Crippen molar-refractivity contribution in [2.45, 2.75) is 25.7 Å². The molecule has 0 spiro atoms. The van der Waals surface area contributed by atoms with E-state index in [1.54, 1.807) is 0 Å². The molecule has 14 heavy (non-hydrogen) atoms. The minimum absolute atomic E-state index is 0.0373. The maximum atomic E-state index is 8.99. The second-order valence-electron chi connectivity index (χ2n) is 4.85. The SMILES string of the molecule is N#CC1(CN2CCC(CN)CC2)CC1. The molecule has 0 aromatic carbocycles. The zero-order valence-electron chi connectivity index (χ0n) is 8.71. The van der Waals surface area contributed by atoms with E-state index in [0.717, 1.165) is 44.9 Å². The Morgan fingerprint density at radius 2 is 2.00 bits per heavy atom. The summed E-state index contributed by atoms with van der Waals surface area (Å²) in [6.07, 6.45) is 4.66. The first-order valence-electron chi connectivity index (χ1n) is 5.62. The van der Waals surface area contributed by atoms with Crippen molar-refractivity contribution in [2.24, 2.45) is 17.1 Å². The first kappa shape index (κ1) is 9.95. The molecule has 0 aromatic heterocycles. The van der Waals surface area contributed by atoms with Gasteiger partial charge in [-0.15, -0.1) is 0 Å². The van der Waals surface area contributed by atoms with Crippen LogP contribution in [0.2, 0.25) is 0 Å². The van der Waals surface area contributed by atoms with Crippen molar-refractivity contribution in [2.75, 3.05) is 26.2 Å². The normalized spacial score (nSPS) is 27.1. The fourth-order valence-electron chi connectivity index (χ4n) is 2.26. The number of likely N-dealkylation sites (tertiary alicyclic amines) is 1. The summed E-state index contributed by atoms with van der Waals surface area (Å²) in [5.41, 5.74) is 5.68. The minimum atomic E-state index is 0.0373. The fourth-order valence-corrected chi connectivity index (χ4v) is 2.26. The monoisotopic (exact) mass is 193 g/mol. The summed E-state index contributed by atoms with van der Waals surface area (Å²) in [7, 11) is 0. The van der Waals surface area contributed by atoms with Gasteiger partial charge in [-0.3, -0.25) is 0 Å². The van der Waals surface area contributed by atoms with Crippen molar-refractivity contribution in [3.8, 4) is 6.07 Å². The lowest BCUT2D eigenvalue weighted by Crippen LogP contribution is -2.39. The van der Waals surface area contributed by atoms with Gasteiger partial charge in [0.1, 0.15) is 0 Å². The second kappa shape index (κ2) is 3.88. The van der Waals surface area contributed by atoms with Crippen LogP contribution in [-0.4, -0.2) is 31.1 Å². The molecule has 0 aromatic rings. The van der Waals surface area contributed by atoms with Crippen LogP contribution in [0.15, 0.2) is 0 Å². The summed E-state index contributed by atoms with van der Waals surface area (Å²) in [6, 6.07) is 2.46. The zero-order chi connectivity index (χ0) is 10.0. The number of nitrogens with two attached hydrogens (primary N) is 1. The molecule has 0 radical (unpaired) electrons. The van der Waals surface area contributed by atoms with Crippen LogP contribution in [0, 0.1) is 22.7 Å². The third kappa shape index (κ3) is 2.08. The van der Waals surface area contributed by atoms with Crippen molar-refractivity contribution in [3.63, 3.8) is 0 Å². The molecule has 0 atom stereocenters. The van der Waals surface area contributed by atoms with Crippen LogP contribution in [0.5, 0.6) is 0 Å². The molecule has 0 bridgehead atoms. The summed E-state index contributed by atoms with van der Waals surface area (Å²) >= 11 is 0. The number of hydrogen-bond acceptors (Lipinski definition) is 3. The fraction of sp³-hybridized carbons (Fsp3) is 0.909. The van der Waals surface area contributed by atoms with Gasteiger partial charge < -0.3 is 10.6 Å². The highest BCUT2D eigenvalue weighted by Crippen LogP contribution is 2.45. The number of piperidine rings is 1.